The average Bonchev–Trinajstić information content (AvgIpc) is 2.80. The normalized spacial score (nSPS) is 17.4. The van der Waals surface area contributed by atoms with Gasteiger partial charge in [0.15, 0.2) is 0 Å². The number of nitrogens with zero attached hydrogens (tertiary/aromatic N) is 5. The molecule has 6 nitrogen and oxygen atoms in total. The van der Waals surface area contributed by atoms with Crippen LogP contribution in [0.2, 0.25) is 0 Å². The second-order valence-corrected chi connectivity index (χ2v) is 6.02. The highest BCUT2D eigenvalue weighted by molar-refractivity contribution is 5.45. The molecule has 1 N–H and O–H groups in total. The molecule has 0 unspecified atom stereocenters. The van der Waals surface area contributed by atoms with Crippen LogP contribution < -0.4 is 15.1 Å². The fraction of sp³-hybridized carbons (Fsp3) is 0.786. The zero-order chi connectivity index (χ0) is 14.8. The molecule has 6 heteroatoms. The first-order chi connectivity index (χ1) is 9.49. The van der Waals surface area contributed by atoms with Gasteiger partial charge in [0.2, 0.25) is 17.8 Å². The number of hydrogen-bond acceptors (Lipinski definition) is 6. The molecule has 0 spiro atoms. The monoisotopic (exact) mass is 278 g/mol. The molecule has 2 rings (SSSR count). The molecule has 1 aromatic heterocycles. The van der Waals surface area contributed by atoms with Crippen LogP contribution in [0, 0.1) is 5.41 Å². The highest BCUT2D eigenvalue weighted by atomic mass is 15.4. The third-order valence-electron chi connectivity index (χ3n) is 3.84. The van der Waals surface area contributed by atoms with Crippen LogP contribution >= 0.6 is 0 Å². The summed E-state index contributed by atoms with van der Waals surface area (Å²) in [5.74, 6) is 2.19. The second kappa shape index (κ2) is 5.81. The summed E-state index contributed by atoms with van der Waals surface area (Å²) in [4.78, 5) is 18.1. The second-order valence-electron chi connectivity index (χ2n) is 6.02. The van der Waals surface area contributed by atoms with E-state index in [4.69, 9.17) is 0 Å². The molecular formula is C14H26N6. The quantitative estimate of drug-likeness (QED) is 0.889. The molecule has 112 valence electrons. The van der Waals surface area contributed by atoms with Gasteiger partial charge in [-0.1, -0.05) is 13.8 Å². The van der Waals surface area contributed by atoms with E-state index in [1.807, 2.05) is 7.05 Å². The summed E-state index contributed by atoms with van der Waals surface area (Å²) in [5, 5.41) is 3.04. The smallest absolute Gasteiger partial charge is 0.231 e. The molecule has 0 bridgehead atoms. The molecule has 1 saturated heterocycles. The maximum atomic E-state index is 4.66. The SMILES string of the molecule is CCN(CC)c1nc(NC)nc(N2CCC(C)(C)C2)n1. The standard InChI is InChI=1S/C14H26N6/c1-6-19(7-2)12-16-11(15-5)17-13(18-12)20-9-8-14(3,4)10-20/h6-10H2,1-5H3,(H,15,16,17,18). The molecule has 1 aliphatic heterocycles. The van der Waals surface area contributed by atoms with Crippen molar-refractivity contribution in [1.82, 2.24) is 15.0 Å². The van der Waals surface area contributed by atoms with Gasteiger partial charge in [-0.25, -0.2) is 0 Å². The Morgan fingerprint density at radius 1 is 1.20 bits per heavy atom. The van der Waals surface area contributed by atoms with E-state index in [0.29, 0.717) is 11.4 Å². The molecule has 0 aliphatic carbocycles. The van der Waals surface area contributed by atoms with Gasteiger partial charge in [0.05, 0.1) is 0 Å². The Bertz CT molecular complexity index is 455. The number of hydrogen-bond donors (Lipinski definition) is 1. The highest BCUT2D eigenvalue weighted by Crippen LogP contribution is 2.31. The first kappa shape index (κ1) is 14.8. The van der Waals surface area contributed by atoms with Gasteiger partial charge in [-0.3, -0.25) is 0 Å². The van der Waals surface area contributed by atoms with Gasteiger partial charge >= 0.3 is 0 Å². The third kappa shape index (κ3) is 3.11. The van der Waals surface area contributed by atoms with Gasteiger partial charge in [0.25, 0.3) is 0 Å². The van der Waals surface area contributed by atoms with Gasteiger partial charge < -0.3 is 15.1 Å². The minimum atomic E-state index is 0.335. The number of nitrogens with one attached hydrogen (secondary N) is 1. The van der Waals surface area contributed by atoms with Gasteiger partial charge in [-0.05, 0) is 25.7 Å². The van der Waals surface area contributed by atoms with E-state index in [1.54, 1.807) is 0 Å². The van der Waals surface area contributed by atoms with E-state index in [9.17, 15) is 0 Å². The molecule has 1 aromatic rings. The number of aromatic nitrogens is 3. The summed E-state index contributed by atoms with van der Waals surface area (Å²) in [7, 11) is 1.85. The van der Waals surface area contributed by atoms with E-state index >= 15 is 0 Å². The predicted molar refractivity (Wildman–Crippen MR) is 83.5 cm³/mol. The van der Waals surface area contributed by atoms with Crippen molar-refractivity contribution in [2.45, 2.75) is 34.1 Å². The molecule has 0 aromatic carbocycles. The maximum Gasteiger partial charge on any atom is 0.231 e. The van der Waals surface area contributed by atoms with Crippen molar-refractivity contribution in [3.8, 4) is 0 Å². The Balaban J connectivity index is 2.31. The summed E-state index contributed by atoms with van der Waals surface area (Å²) in [5.41, 5.74) is 0.335. The van der Waals surface area contributed by atoms with E-state index in [0.717, 1.165) is 38.1 Å². The molecular weight excluding hydrogens is 252 g/mol. The van der Waals surface area contributed by atoms with Gasteiger partial charge in [-0.2, -0.15) is 15.0 Å². The number of anilines is 3. The molecule has 1 fully saturated rings. The summed E-state index contributed by atoms with van der Waals surface area (Å²) in [6.07, 6.45) is 1.17. The predicted octanol–water partition coefficient (Wildman–Crippen LogP) is 2.00. The molecule has 0 radical (unpaired) electrons. The van der Waals surface area contributed by atoms with Gasteiger partial charge in [0.1, 0.15) is 0 Å². The minimum Gasteiger partial charge on any atom is -0.357 e. The fourth-order valence-electron chi connectivity index (χ4n) is 2.54. The van der Waals surface area contributed by atoms with Gasteiger partial charge in [-0.15, -0.1) is 0 Å². The lowest BCUT2D eigenvalue weighted by Crippen LogP contribution is -2.29. The lowest BCUT2D eigenvalue weighted by Gasteiger charge is -2.23. The van der Waals surface area contributed by atoms with Crippen LogP contribution in [-0.2, 0) is 0 Å². The van der Waals surface area contributed by atoms with Crippen LogP contribution in [0.25, 0.3) is 0 Å². The largest absolute Gasteiger partial charge is 0.357 e. The molecule has 0 amide bonds. The molecule has 0 saturated carbocycles. The minimum absolute atomic E-state index is 0.335. The van der Waals surface area contributed by atoms with Crippen molar-refractivity contribution < 1.29 is 0 Å². The topological polar surface area (TPSA) is 57.2 Å². The van der Waals surface area contributed by atoms with Crippen molar-refractivity contribution in [3.63, 3.8) is 0 Å². The summed E-state index contributed by atoms with van der Waals surface area (Å²) in [6.45, 7) is 12.6. The van der Waals surface area contributed by atoms with Crippen molar-refractivity contribution in [2.75, 3.05) is 48.3 Å². The zero-order valence-corrected chi connectivity index (χ0v) is 13.3. The van der Waals surface area contributed by atoms with Crippen LogP contribution in [0.5, 0.6) is 0 Å². The van der Waals surface area contributed by atoms with E-state index in [1.165, 1.54) is 6.42 Å². The molecule has 0 atom stereocenters. The average molecular weight is 278 g/mol. The lowest BCUT2D eigenvalue weighted by molar-refractivity contribution is 0.418. The van der Waals surface area contributed by atoms with Crippen LogP contribution in [0.3, 0.4) is 0 Å². The summed E-state index contributed by atoms with van der Waals surface area (Å²) >= 11 is 0. The van der Waals surface area contributed by atoms with Crippen molar-refractivity contribution in [3.05, 3.63) is 0 Å². The summed E-state index contributed by atoms with van der Waals surface area (Å²) in [6, 6.07) is 0. The zero-order valence-electron chi connectivity index (χ0n) is 13.3. The van der Waals surface area contributed by atoms with Crippen LogP contribution in [-0.4, -0.2) is 48.2 Å². The fourth-order valence-corrected chi connectivity index (χ4v) is 2.54. The van der Waals surface area contributed by atoms with Crippen LogP contribution in [0.4, 0.5) is 17.8 Å². The Morgan fingerprint density at radius 3 is 2.40 bits per heavy atom. The molecule has 2 heterocycles. The Hall–Kier alpha value is -1.59. The first-order valence-electron chi connectivity index (χ1n) is 7.43. The van der Waals surface area contributed by atoms with Crippen molar-refractivity contribution in [1.29, 1.82) is 0 Å². The van der Waals surface area contributed by atoms with E-state index in [2.05, 4.69) is 57.8 Å². The van der Waals surface area contributed by atoms with Gasteiger partial charge in [0, 0.05) is 33.2 Å². The first-order valence-corrected chi connectivity index (χ1v) is 7.43. The number of rotatable bonds is 5. The van der Waals surface area contributed by atoms with Crippen molar-refractivity contribution in [2.24, 2.45) is 5.41 Å². The molecule has 1 aliphatic rings. The molecule has 20 heavy (non-hydrogen) atoms. The highest BCUT2D eigenvalue weighted by Gasteiger charge is 2.31. The van der Waals surface area contributed by atoms with E-state index < -0.39 is 0 Å². The third-order valence-corrected chi connectivity index (χ3v) is 3.84. The Labute approximate surface area is 121 Å². The van der Waals surface area contributed by atoms with Crippen LogP contribution in [0.1, 0.15) is 34.1 Å². The Kier molecular flexibility index (Phi) is 4.30. The van der Waals surface area contributed by atoms with Crippen LogP contribution in [0.15, 0.2) is 0 Å². The van der Waals surface area contributed by atoms with E-state index in [-0.39, 0.29) is 0 Å². The Morgan fingerprint density at radius 2 is 1.90 bits per heavy atom. The van der Waals surface area contributed by atoms with Crippen molar-refractivity contribution >= 4 is 17.8 Å². The lowest BCUT2D eigenvalue weighted by atomic mass is 9.93. The summed E-state index contributed by atoms with van der Waals surface area (Å²) < 4.78 is 0. The maximum absolute atomic E-state index is 4.66.